The molecule has 2 fully saturated rings. The number of nitrogens with zero attached hydrogens (tertiary/aromatic N) is 1. The molecule has 2 aliphatic carbocycles. The Kier molecular flexibility index (Phi) is 8.52. The molecule has 12 heteroatoms. The largest absolute Gasteiger partial charge is 0.367 e. The van der Waals surface area contributed by atoms with Gasteiger partial charge in [0.05, 0.1) is 19.2 Å². The molecule has 12 nitrogen and oxygen atoms in total. The summed E-state index contributed by atoms with van der Waals surface area (Å²) in [6.07, 6.45) is 7.57. The molecule has 0 aromatic carbocycles. The van der Waals surface area contributed by atoms with Crippen molar-refractivity contribution in [2.75, 3.05) is 26.2 Å². The predicted molar refractivity (Wildman–Crippen MR) is 111 cm³/mol. The molecule has 2 unspecified atom stereocenters. The maximum absolute atomic E-state index is 12.0. The third-order valence-electron chi connectivity index (χ3n) is 5.52. The van der Waals surface area contributed by atoms with Crippen molar-refractivity contribution in [2.45, 2.75) is 51.0 Å². The van der Waals surface area contributed by atoms with Crippen LogP contribution in [-0.4, -0.2) is 72.9 Å². The van der Waals surface area contributed by atoms with Gasteiger partial charge in [-0.05, 0) is 19.3 Å². The molecule has 0 spiro atoms. The second-order valence-electron chi connectivity index (χ2n) is 8.09. The Hall–Kier alpha value is -3.28. The zero-order valence-corrected chi connectivity index (χ0v) is 18.2. The number of amides is 5. The van der Waals surface area contributed by atoms with Crippen molar-refractivity contribution in [1.29, 1.82) is 0 Å². The first kappa shape index (κ1) is 24.4. The van der Waals surface area contributed by atoms with E-state index in [0.29, 0.717) is 11.0 Å². The molecule has 0 radical (unpaired) electrons. The molecule has 33 heavy (non-hydrogen) atoms. The first-order chi connectivity index (χ1) is 15.8. The van der Waals surface area contributed by atoms with E-state index in [0.717, 1.165) is 25.7 Å². The van der Waals surface area contributed by atoms with E-state index < -0.39 is 48.6 Å². The van der Waals surface area contributed by atoms with Gasteiger partial charge in [-0.2, -0.15) is 0 Å². The topological polar surface area (TPSA) is 160 Å². The lowest BCUT2D eigenvalue weighted by Crippen LogP contribution is -2.44. The van der Waals surface area contributed by atoms with Crippen molar-refractivity contribution >= 4 is 35.5 Å². The monoisotopic (exact) mass is 464 g/mol. The highest BCUT2D eigenvalue weighted by Crippen LogP contribution is 2.41. The van der Waals surface area contributed by atoms with Gasteiger partial charge in [0.1, 0.15) is 13.2 Å². The smallest absolute Gasteiger partial charge is 0.352 e. The number of nitrogens with one attached hydrogen (secondary N) is 3. The Labute approximate surface area is 190 Å². The van der Waals surface area contributed by atoms with Gasteiger partial charge in [0, 0.05) is 18.8 Å². The lowest BCUT2D eigenvalue weighted by molar-refractivity contribution is -0.196. The lowest BCUT2D eigenvalue weighted by Gasteiger charge is -2.20. The van der Waals surface area contributed by atoms with E-state index in [1.807, 2.05) is 0 Å². The number of hydrogen-bond acceptors (Lipinski definition) is 8. The van der Waals surface area contributed by atoms with E-state index in [9.17, 15) is 28.8 Å². The van der Waals surface area contributed by atoms with E-state index in [4.69, 9.17) is 4.74 Å². The normalized spacial score (nSPS) is 21.8. The SMILES string of the molecule is O=C(CNC(=O)COC1CCCCCC2=CC21)NCC(=O)NCC(=O)ON1C(=O)CCC1=O. The highest BCUT2D eigenvalue weighted by molar-refractivity contribution is 6.01. The third kappa shape index (κ3) is 7.67. The zero-order chi connectivity index (χ0) is 23.8. The van der Waals surface area contributed by atoms with Crippen molar-refractivity contribution in [1.82, 2.24) is 21.0 Å². The van der Waals surface area contributed by atoms with E-state index in [1.165, 1.54) is 12.0 Å². The van der Waals surface area contributed by atoms with Gasteiger partial charge in [-0.15, -0.1) is 5.06 Å². The Morgan fingerprint density at radius 3 is 2.18 bits per heavy atom. The van der Waals surface area contributed by atoms with Crippen LogP contribution in [0.1, 0.15) is 44.9 Å². The first-order valence-electron chi connectivity index (χ1n) is 11.0. The maximum Gasteiger partial charge on any atom is 0.352 e. The molecular weight excluding hydrogens is 436 g/mol. The van der Waals surface area contributed by atoms with Crippen LogP contribution >= 0.6 is 0 Å². The zero-order valence-electron chi connectivity index (χ0n) is 18.2. The summed E-state index contributed by atoms with van der Waals surface area (Å²) in [5, 5.41) is 7.30. The molecule has 1 saturated heterocycles. The van der Waals surface area contributed by atoms with Crippen LogP contribution in [0.3, 0.4) is 0 Å². The van der Waals surface area contributed by atoms with Gasteiger partial charge in [-0.1, -0.05) is 24.5 Å². The molecule has 1 saturated carbocycles. The van der Waals surface area contributed by atoms with Crippen molar-refractivity contribution in [3.63, 3.8) is 0 Å². The number of hydrogen-bond donors (Lipinski definition) is 3. The Balaban J connectivity index is 1.23. The van der Waals surface area contributed by atoms with Gasteiger partial charge < -0.3 is 25.5 Å². The molecule has 180 valence electrons. The van der Waals surface area contributed by atoms with E-state index in [1.54, 1.807) is 0 Å². The standard InChI is InChI=1S/C21H28N4O8/c26-16(10-23-18(28)12-32-15-5-3-1-2-4-13-8-14(13)15)22-9-17(27)24-11-21(31)33-25-19(29)6-7-20(25)30/h8,14-15H,1-7,9-12H2,(H,22,26)(H,23,28)(H,24,27). The van der Waals surface area contributed by atoms with Crippen LogP contribution in [0.25, 0.3) is 0 Å². The molecule has 1 heterocycles. The summed E-state index contributed by atoms with van der Waals surface area (Å²) in [7, 11) is 0. The molecule has 3 rings (SSSR count). The average molecular weight is 464 g/mol. The number of fused-ring (bicyclic) bond motifs is 1. The van der Waals surface area contributed by atoms with Crippen LogP contribution in [0, 0.1) is 5.92 Å². The van der Waals surface area contributed by atoms with Crippen molar-refractivity contribution in [3.05, 3.63) is 11.6 Å². The molecule has 3 aliphatic rings. The summed E-state index contributed by atoms with van der Waals surface area (Å²) in [6.45, 7) is -1.48. The van der Waals surface area contributed by atoms with Gasteiger partial charge >= 0.3 is 5.97 Å². The molecular formula is C21H28N4O8. The Morgan fingerprint density at radius 2 is 1.48 bits per heavy atom. The predicted octanol–water partition coefficient (Wildman–Crippen LogP) is -1.15. The minimum Gasteiger partial charge on any atom is -0.367 e. The Morgan fingerprint density at radius 1 is 0.848 bits per heavy atom. The minimum absolute atomic E-state index is 0.0111. The van der Waals surface area contributed by atoms with Crippen LogP contribution in [0.4, 0.5) is 0 Å². The molecule has 2 atom stereocenters. The van der Waals surface area contributed by atoms with Crippen LogP contribution in [0.15, 0.2) is 11.6 Å². The summed E-state index contributed by atoms with van der Waals surface area (Å²) in [5.41, 5.74) is 1.41. The van der Waals surface area contributed by atoms with E-state index in [2.05, 4.69) is 26.9 Å². The summed E-state index contributed by atoms with van der Waals surface area (Å²) in [5.74, 6) is -3.61. The highest BCUT2D eigenvalue weighted by atomic mass is 16.7. The van der Waals surface area contributed by atoms with Crippen molar-refractivity contribution < 1.29 is 38.3 Å². The van der Waals surface area contributed by atoms with Gasteiger partial charge in [-0.25, -0.2) is 4.79 Å². The number of imide groups is 1. The molecule has 0 bridgehead atoms. The fourth-order valence-electron chi connectivity index (χ4n) is 3.68. The average Bonchev–Trinajstić information content (AvgIpc) is 3.47. The van der Waals surface area contributed by atoms with Gasteiger partial charge in [0.2, 0.25) is 17.7 Å². The van der Waals surface area contributed by atoms with Crippen LogP contribution in [0.2, 0.25) is 0 Å². The summed E-state index contributed by atoms with van der Waals surface area (Å²) in [6, 6.07) is 0. The summed E-state index contributed by atoms with van der Waals surface area (Å²) < 4.78 is 5.73. The quantitative estimate of drug-likeness (QED) is 0.270. The maximum atomic E-state index is 12.0. The Bertz CT molecular complexity index is 839. The minimum atomic E-state index is -0.997. The van der Waals surface area contributed by atoms with Crippen molar-refractivity contribution in [3.8, 4) is 0 Å². The number of hydroxylamine groups is 2. The molecule has 3 N–H and O–H groups in total. The van der Waals surface area contributed by atoms with E-state index in [-0.39, 0.29) is 32.1 Å². The van der Waals surface area contributed by atoms with Gasteiger partial charge in [0.15, 0.2) is 0 Å². The molecule has 0 aromatic heterocycles. The van der Waals surface area contributed by atoms with Gasteiger partial charge in [-0.3, -0.25) is 24.0 Å². The second-order valence-corrected chi connectivity index (χ2v) is 8.09. The lowest BCUT2D eigenvalue weighted by atomic mass is 9.97. The van der Waals surface area contributed by atoms with Crippen LogP contribution < -0.4 is 16.0 Å². The number of ether oxygens (including phenoxy) is 1. The summed E-state index contributed by atoms with van der Waals surface area (Å²) in [4.78, 5) is 74.4. The fourth-order valence-corrected chi connectivity index (χ4v) is 3.68. The number of carbonyl (C=O) groups excluding carboxylic acids is 6. The highest BCUT2D eigenvalue weighted by Gasteiger charge is 2.34. The molecule has 5 amide bonds. The second kappa shape index (κ2) is 11.5. The molecule has 1 aliphatic heterocycles. The molecule has 0 aromatic rings. The third-order valence-corrected chi connectivity index (χ3v) is 5.52. The van der Waals surface area contributed by atoms with Crippen molar-refractivity contribution in [2.24, 2.45) is 5.92 Å². The first-order valence-corrected chi connectivity index (χ1v) is 11.0. The van der Waals surface area contributed by atoms with E-state index >= 15 is 0 Å². The van der Waals surface area contributed by atoms with Crippen LogP contribution in [-0.2, 0) is 38.3 Å². The summed E-state index contributed by atoms with van der Waals surface area (Å²) >= 11 is 0. The number of rotatable bonds is 10. The van der Waals surface area contributed by atoms with Crippen LogP contribution in [0.5, 0.6) is 0 Å². The fraction of sp³-hybridized carbons (Fsp3) is 0.619. The number of carbonyl (C=O) groups is 6. The van der Waals surface area contributed by atoms with Gasteiger partial charge in [0.25, 0.3) is 11.8 Å².